The molecule has 2 aromatic rings. The van der Waals surface area contributed by atoms with Gasteiger partial charge in [-0.05, 0) is 45.5 Å². The lowest BCUT2D eigenvalue weighted by Gasteiger charge is -2.18. The van der Waals surface area contributed by atoms with Crippen LogP contribution in [0.5, 0.6) is 0 Å². The number of anilines is 1. The lowest BCUT2D eigenvalue weighted by Crippen LogP contribution is -2.23. The van der Waals surface area contributed by atoms with E-state index in [1.165, 1.54) is 43.4 Å². The second kappa shape index (κ2) is 4.98. The van der Waals surface area contributed by atoms with Gasteiger partial charge in [-0.3, -0.25) is 5.10 Å². The van der Waals surface area contributed by atoms with Crippen LogP contribution in [0.4, 0.5) is 5.69 Å². The van der Waals surface area contributed by atoms with Gasteiger partial charge in [0, 0.05) is 11.4 Å². The molecule has 0 amide bonds. The fraction of sp³-hybridized carbons (Fsp3) is 0.500. The molecule has 0 spiro atoms. The highest BCUT2D eigenvalue weighted by molar-refractivity contribution is 5.89. The molecular formula is C14H20N4. The number of H-pyrrole nitrogens is 1. The summed E-state index contributed by atoms with van der Waals surface area (Å²) in [6.45, 7) is 2.39. The van der Waals surface area contributed by atoms with Crippen molar-refractivity contribution < 1.29 is 0 Å². The monoisotopic (exact) mass is 244 g/mol. The number of benzene rings is 1. The second-order valence-corrected chi connectivity index (χ2v) is 5.22. The summed E-state index contributed by atoms with van der Waals surface area (Å²) in [6, 6.07) is 6.88. The Morgan fingerprint density at radius 3 is 3.22 bits per heavy atom. The maximum absolute atomic E-state index is 4.11. The van der Waals surface area contributed by atoms with Crippen LogP contribution in [0.15, 0.2) is 24.4 Å². The molecule has 4 heteroatoms. The van der Waals surface area contributed by atoms with E-state index in [0.29, 0.717) is 6.04 Å². The molecule has 1 aliphatic heterocycles. The lowest BCUT2D eigenvalue weighted by molar-refractivity contribution is 0.348. The Hall–Kier alpha value is -1.55. The molecule has 96 valence electrons. The van der Waals surface area contributed by atoms with E-state index in [-0.39, 0.29) is 0 Å². The van der Waals surface area contributed by atoms with Crippen molar-refractivity contribution in [2.45, 2.75) is 25.3 Å². The zero-order valence-corrected chi connectivity index (χ0v) is 10.8. The first-order valence-electron chi connectivity index (χ1n) is 6.70. The van der Waals surface area contributed by atoms with Crippen molar-refractivity contribution in [2.75, 3.05) is 25.5 Å². The Bertz CT molecular complexity index is 519. The molecule has 1 fully saturated rings. The number of rotatable bonds is 2. The molecule has 1 aromatic heterocycles. The Kier molecular flexibility index (Phi) is 3.19. The first-order chi connectivity index (χ1) is 8.83. The minimum atomic E-state index is 0.573. The summed E-state index contributed by atoms with van der Waals surface area (Å²) < 4.78 is 0. The molecule has 3 rings (SSSR count). The standard InChI is InChI=1S/C14H20N4/c1-18-8-3-5-12(7-9-18)16-13-6-2-4-11-10-15-17-14(11)13/h2,4,6,10,12,16H,3,5,7-9H2,1H3,(H,15,17). The summed E-state index contributed by atoms with van der Waals surface area (Å²) in [5, 5.41) is 12.0. The van der Waals surface area contributed by atoms with Crippen molar-refractivity contribution in [1.82, 2.24) is 15.1 Å². The summed E-state index contributed by atoms with van der Waals surface area (Å²) in [4.78, 5) is 2.42. The average Bonchev–Trinajstić information content (AvgIpc) is 2.76. The zero-order chi connectivity index (χ0) is 12.4. The number of nitrogens with zero attached hydrogens (tertiary/aromatic N) is 2. The molecule has 0 radical (unpaired) electrons. The van der Waals surface area contributed by atoms with Gasteiger partial charge in [-0.15, -0.1) is 0 Å². The van der Waals surface area contributed by atoms with E-state index in [0.717, 1.165) is 5.52 Å². The number of likely N-dealkylation sites (tertiary alicyclic amines) is 1. The molecule has 1 aromatic carbocycles. The summed E-state index contributed by atoms with van der Waals surface area (Å²) in [5.74, 6) is 0. The van der Waals surface area contributed by atoms with Crippen LogP contribution in [0.3, 0.4) is 0 Å². The van der Waals surface area contributed by atoms with E-state index in [1.807, 2.05) is 6.20 Å². The van der Waals surface area contributed by atoms with Gasteiger partial charge in [0.2, 0.25) is 0 Å². The fourth-order valence-corrected chi connectivity index (χ4v) is 2.69. The SMILES string of the molecule is CN1CCCC(Nc2cccc3cn[nH]c23)CC1. The maximum Gasteiger partial charge on any atom is 0.0881 e. The van der Waals surface area contributed by atoms with Crippen LogP contribution in [0.2, 0.25) is 0 Å². The van der Waals surface area contributed by atoms with Gasteiger partial charge in [-0.2, -0.15) is 5.10 Å². The van der Waals surface area contributed by atoms with Gasteiger partial charge >= 0.3 is 0 Å². The third-order valence-corrected chi connectivity index (χ3v) is 3.79. The van der Waals surface area contributed by atoms with Gasteiger partial charge in [0.05, 0.1) is 17.4 Å². The highest BCUT2D eigenvalue weighted by atomic mass is 15.1. The van der Waals surface area contributed by atoms with Crippen LogP contribution in [-0.4, -0.2) is 41.3 Å². The van der Waals surface area contributed by atoms with Crippen LogP contribution < -0.4 is 5.32 Å². The second-order valence-electron chi connectivity index (χ2n) is 5.22. The molecule has 1 aliphatic rings. The largest absolute Gasteiger partial charge is 0.381 e. The van der Waals surface area contributed by atoms with Crippen molar-refractivity contribution in [3.63, 3.8) is 0 Å². The van der Waals surface area contributed by atoms with Crippen molar-refractivity contribution in [3.05, 3.63) is 24.4 Å². The minimum absolute atomic E-state index is 0.573. The van der Waals surface area contributed by atoms with Crippen LogP contribution in [0, 0.1) is 0 Å². The number of fused-ring (bicyclic) bond motifs is 1. The Balaban J connectivity index is 1.77. The smallest absolute Gasteiger partial charge is 0.0881 e. The van der Waals surface area contributed by atoms with Crippen LogP contribution in [-0.2, 0) is 0 Å². The lowest BCUT2D eigenvalue weighted by atomic mass is 10.1. The summed E-state index contributed by atoms with van der Waals surface area (Å²) >= 11 is 0. The van der Waals surface area contributed by atoms with Crippen molar-refractivity contribution in [1.29, 1.82) is 0 Å². The number of aromatic amines is 1. The number of hydrogen-bond donors (Lipinski definition) is 2. The van der Waals surface area contributed by atoms with Gasteiger partial charge in [0.25, 0.3) is 0 Å². The average molecular weight is 244 g/mol. The molecule has 0 aliphatic carbocycles. The predicted octanol–water partition coefficient (Wildman–Crippen LogP) is 2.46. The topological polar surface area (TPSA) is 44.0 Å². The quantitative estimate of drug-likeness (QED) is 0.853. The normalized spacial score (nSPS) is 21.9. The molecule has 2 N–H and O–H groups in total. The third kappa shape index (κ3) is 2.34. The van der Waals surface area contributed by atoms with Crippen LogP contribution in [0.25, 0.3) is 10.9 Å². The molecule has 1 unspecified atom stereocenters. The number of aromatic nitrogens is 2. The van der Waals surface area contributed by atoms with E-state index in [2.05, 4.69) is 45.7 Å². The van der Waals surface area contributed by atoms with Gasteiger partial charge in [-0.1, -0.05) is 12.1 Å². The van der Waals surface area contributed by atoms with Gasteiger partial charge < -0.3 is 10.2 Å². The van der Waals surface area contributed by atoms with Gasteiger partial charge in [0.1, 0.15) is 0 Å². The molecule has 0 saturated carbocycles. The molecule has 1 saturated heterocycles. The number of nitrogens with one attached hydrogen (secondary N) is 2. The third-order valence-electron chi connectivity index (χ3n) is 3.79. The van der Waals surface area contributed by atoms with E-state index in [4.69, 9.17) is 0 Å². The molecule has 1 atom stereocenters. The highest BCUT2D eigenvalue weighted by Crippen LogP contribution is 2.23. The minimum Gasteiger partial charge on any atom is -0.381 e. The Morgan fingerprint density at radius 1 is 1.33 bits per heavy atom. The number of para-hydroxylation sites is 1. The fourth-order valence-electron chi connectivity index (χ4n) is 2.69. The van der Waals surface area contributed by atoms with Crippen molar-refractivity contribution in [2.24, 2.45) is 0 Å². The van der Waals surface area contributed by atoms with E-state index >= 15 is 0 Å². The molecule has 2 heterocycles. The molecule has 4 nitrogen and oxygen atoms in total. The summed E-state index contributed by atoms with van der Waals surface area (Å²) in [6.07, 6.45) is 5.60. The van der Waals surface area contributed by atoms with E-state index < -0.39 is 0 Å². The highest BCUT2D eigenvalue weighted by Gasteiger charge is 2.15. The number of hydrogen-bond acceptors (Lipinski definition) is 3. The predicted molar refractivity (Wildman–Crippen MR) is 74.9 cm³/mol. The molecule has 0 bridgehead atoms. The summed E-state index contributed by atoms with van der Waals surface area (Å²) in [5.41, 5.74) is 2.30. The van der Waals surface area contributed by atoms with Crippen LogP contribution in [0.1, 0.15) is 19.3 Å². The Morgan fingerprint density at radius 2 is 2.28 bits per heavy atom. The van der Waals surface area contributed by atoms with E-state index in [1.54, 1.807) is 0 Å². The maximum atomic E-state index is 4.11. The van der Waals surface area contributed by atoms with E-state index in [9.17, 15) is 0 Å². The van der Waals surface area contributed by atoms with Crippen LogP contribution >= 0.6 is 0 Å². The molecular weight excluding hydrogens is 224 g/mol. The molecule has 18 heavy (non-hydrogen) atoms. The Labute approximate surface area is 107 Å². The first kappa shape index (κ1) is 11.5. The zero-order valence-electron chi connectivity index (χ0n) is 10.8. The first-order valence-corrected chi connectivity index (χ1v) is 6.70. The van der Waals surface area contributed by atoms with Gasteiger partial charge in [0.15, 0.2) is 0 Å². The van der Waals surface area contributed by atoms with Crippen molar-refractivity contribution >= 4 is 16.6 Å². The van der Waals surface area contributed by atoms with Crippen molar-refractivity contribution in [3.8, 4) is 0 Å². The summed E-state index contributed by atoms with van der Waals surface area (Å²) in [7, 11) is 2.21. The van der Waals surface area contributed by atoms with Gasteiger partial charge in [-0.25, -0.2) is 0 Å².